The van der Waals surface area contributed by atoms with Crippen LogP contribution in [0.1, 0.15) is 73.9 Å². The van der Waals surface area contributed by atoms with Gasteiger partial charge in [0.15, 0.2) is 0 Å². The fourth-order valence-corrected chi connectivity index (χ4v) is 12.4. The van der Waals surface area contributed by atoms with E-state index < -0.39 is 5.41 Å². The minimum absolute atomic E-state index is 0.0386. The normalized spacial score (nSPS) is 16.6. The molecule has 64 heavy (non-hydrogen) atoms. The lowest BCUT2D eigenvalue weighted by atomic mass is 9.42. The van der Waals surface area contributed by atoms with Crippen LogP contribution in [-0.2, 0) is 16.2 Å². The van der Waals surface area contributed by atoms with E-state index in [2.05, 4.69) is 238 Å². The van der Waals surface area contributed by atoms with Crippen LogP contribution in [0.4, 0.5) is 28.4 Å². The molecule has 0 radical (unpaired) electrons. The zero-order chi connectivity index (χ0) is 43.0. The molecule has 0 unspecified atom stereocenters. The topological polar surface area (TPSA) is 6.48 Å². The first-order chi connectivity index (χ1) is 31.3. The number of rotatable bonds is 4. The van der Waals surface area contributed by atoms with Gasteiger partial charge in [0.2, 0.25) is 0 Å². The predicted molar refractivity (Wildman–Crippen MR) is 270 cm³/mol. The van der Waals surface area contributed by atoms with Crippen molar-refractivity contribution in [2.75, 3.05) is 9.71 Å². The van der Waals surface area contributed by atoms with Gasteiger partial charge in [-0.25, -0.2) is 0 Å². The molecule has 0 saturated heterocycles. The Morgan fingerprint density at radius 2 is 1.03 bits per heavy atom. The van der Waals surface area contributed by atoms with Crippen LogP contribution in [0.15, 0.2) is 200 Å². The molecule has 0 bridgehead atoms. The molecule has 3 heterocycles. The average Bonchev–Trinajstić information content (AvgIpc) is 3.34. The van der Waals surface area contributed by atoms with Gasteiger partial charge in [0.1, 0.15) is 0 Å². The Hall–Kier alpha value is -7.10. The molecule has 0 atom stereocenters. The SMILES string of the molecule is CC1(C)CCC(C)(C)c2cc3c(cc21)-c1c2c(cc4ccccc14)N1c4ccccc4C(c4ccccc4)(c4ccccc4)c4cccc(c41)B2N3c1ccc(-c2ccccc2)cc1. The Balaban J connectivity index is 1.19. The lowest BCUT2D eigenvalue weighted by Gasteiger charge is -2.52. The molecule has 9 aromatic carbocycles. The van der Waals surface area contributed by atoms with Crippen LogP contribution in [0.2, 0.25) is 0 Å². The Morgan fingerprint density at radius 3 is 1.73 bits per heavy atom. The maximum absolute atomic E-state index is 2.73. The number of hydrogen-bond acceptors (Lipinski definition) is 2. The monoisotopic (exact) mass is 820 g/mol. The fourth-order valence-electron chi connectivity index (χ4n) is 12.4. The van der Waals surface area contributed by atoms with Crippen molar-refractivity contribution in [2.24, 2.45) is 0 Å². The van der Waals surface area contributed by atoms with E-state index in [1.165, 1.54) is 106 Å². The van der Waals surface area contributed by atoms with Crippen LogP contribution in [0.25, 0.3) is 33.0 Å². The first-order valence-corrected chi connectivity index (χ1v) is 23.1. The first-order valence-electron chi connectivity index (χ1n) is 23.1. The highest BCUT2D eigenvalue weighted by Crippen LogP contribution is 2.60. The Kier molecular flexibility index (Phi) is 7.88. The lowest BCUT2D eigenvalue weighted by molar-refractivity contribution is 0.332. The fraction of sp³-hybridized carbons (Fsp3) is 0.148. The number of benzene rings is 9. The zero-order valence-electron chi connectivity index (χ0n) is 36.9. The molecule has 3 heteroatoms. The van der Waals surface area contributed by atoms with Crippen LogP contribution in [0.3, 0.4) is 0 Å². The van der Waals surface area contributed by atoms with Crippen molar-refractivity contribution in [3.05, 3.63) is 234 Å². The molecule has 0 fully saturated rings. The molecule has 13 rings (SSSR count). The van der Waals surface area contributed by atoms with Gasteiger partial charge in [-0.3, -0.25) is 0 Å². The number of fused-ring (bicyclic) bond motifs is 9. The van der Waals surface area contributed by atoms with E-state index in [1.807, 2.05) is 0 Å². The number of para-hydroxylation sites is 2. The van der Waals surface area contributed by atoms with Gasteiger partial charge in [-0.2, -0.15) is 0 Å². The van der Waals surface area contributed by atoms with E-state index in [4.69, 9.17) is 0 Å². The predicted octanol–water partition coefficient (Wildman–Crippen LogP) is 14.3. The molecule has 4 aliphatic rings. The second kappa shape index (κ2) is 13.5. The molecular weight excluding hydrogens is 771 g/mol. The van der Waals surface area contributed by atoms with Crippen LogP contribution in [0.5, 0.6) is 0 Å². The Labute approximate surface area is 377 Å². The van der Waals surface area contributed by atoms with Crippen molar-refractivity contribution in [3.8, 4) is 22.3 Å². The summed E-state index contributed by atoms with van der Waals surface area (Å²) in [6.07, 6.45) is 2.32. The molecule has 0 N–H and O–H groups in total. The third kappa shape index (κ3) is 5.04. The van der Waals surface area contributed by atoms with E-state index in [9.17, 15) is 0 Å². The van der Waals surface area contributed by atoms with Crippen LogP contribution >= 0.6 is 0 Å². The highest BCUT2D eigenvalue weighted by Gasteiger charge is 2.53. The second-order valence-corrected chi connectivity index (χ2v) is 19.9. The summed E-state index contributed by atoms with van der Waals surface area (Å²) in [7, 11) is 0. The molecule has 3 aliphatic heterocycles. The summed E-state index contributed by atoms with van der Waals surface area (Å²) in [4.78, 5) is 5.38. The first kappa shape index (κ1) is 37.5. The van der Waals surface area contributed by atoms with Gasteiger partial charge in [0.05, 0.1) is 11.1 Å². The van der Waals surface area contributed by atoms with Crippen molar-refractivity contribution >= 4 is 57.0 Å². The summed E-state index contributed by atoms with van der Waals surface area (Å²) in [6.45, 7) is 9.75. The smallest absolute Gasteiger partial charge is 0.333 e. The zero-order valence-corrected chi connectivity index (χ0v) is 36.9. The van der Waals surface area contributed by atoms with E-state index in [-0.39, 0.29) is 17.7 Å². The lowest BCUT2D eigenvalue weighted by Crippen LogP contribution is -2.63. The van der Waals surface area contributed by atoms with Crippen molar-refractivity contribution in [1.29, 1.82) is 0 Å². The second-order valence-electron chi connectivity index (χ2n) is 19.9. The molecule has 9 aromatic rings. The molecule has 0 saturated carbocycles. The number of nitrogens with zero attached hydrogens (tertiary/aromatic N) is 2. The Morgan fingerprint density at radius 1 is 0.453 bits per heavy atom. The molecule has 0 amide bonds. The quantitative estimate of drug-likeness (QED) is 0.163. The maximum atomic E-state index is 2.73. The van der Waals surface area contributed by atoms with Gasteiger partial charge in [-0.1, -0.05) is 191 Å². The molecule has 0 spiro atoms. The molecular formula is C61H49BN2. The molecule has 2 nitrogen and oxygen atoms in total. The third-order valence-electron chi connectivity index (χ3n) is 15.5. The van der Waals surface area contributed by atoms with E-state index in [0.717, 1.165) is 12.8 Å². The van der Waals surface area contributed by atoms with E-state index in [0.29, 0.717) is 0 Å². The van der Waals surface area contributed by atoms with Crippen LogP contribution in [-0.4, -0.2) is 6.85 Å². The Bertz CT molecular complexity index is 3290. The van der Waals surface area contributed by atoms with Crippen molar-refractivity contribution in [3.63, 3.8) is 0 Å². The summed E-state index contributed by atoms with van der Waals surface area (Å²) in [5.74, 6) is 0. The average molecular weight is 821 g/mol. The van der Waals surface area contributed by atoms with Gasteiger partial charge in [-0.15, -0.1) is 0 Å². The van der Waals surface area contributed by atoms with Gasteiger partial charge in [-0.05, 0) is 132 Å². The summed E-state index contributed by atoms with van der Waals surface area (Å²) in [6, 6.07) is 76.0. The number of hydrogen-bond donors (Lipinski definition) is 0. The molecule has 0 aromatic heterocycles. The molecule has 306 valence electrons. The maximum Gasteiger partial charge on any atom is 0.333 e. The summed E-state index contributed by atoms with van der Waals surface area (Å²) in [5.41, 5.74) is 21.7. The van der Waals surface area contributed by atoms with Gasteiger partial charge in [0.25, 0.3) is 0 Å². The number of anilines is 5. The van der Waals surface area contributed by atoms with Crippen molar-refractivity contribution in [1.82, 2.24) is 0 Å². The van der Waals surface area contributed by atoms with Crippen molar-refractivity contribution in [2.45, 2.75) is 56.8 Å². The van der Waals surface area contributed by atoms with E-state index >= 15 is 0 Å². The standard InChI is InChI=1S/C61H49BN2/c1-59(2)35-36-60(3,4)51-39-54-47(38-50(51)59)56-46-26-15-14-21-42(46)37-55-57(56)62(64(54)45-33-31-41(32-34-45)40-19-8-5-9-20-40)52-29-18-28-49-58(52)63(55)53-30-17-16-27-48(53)61(49,43-22-10-6-11-23-43)44-24-12-7-13-25-44/h5-34,37-39H,35-36H2,1-4H3. The van der Waals surface area contributed by atoms with Gasteiger partial charge in [0, 0.05) is 28.3 Å². The largest absolute Gasteiger partial charge is 0.376 e. The minimum Gasteiger partial charge on any atom is -0.376 e. The van der Waals surface area contributed by atoms with Crippen LogP contribution in [0, 0.1) is 0 Å². The third-order valence-corrected chi connectivity index (χ3v) is 15.5. The summed E-state index contributed by atoms with van der Waals surface area (Å²) in [5, 5.41) is 2.58. The van der Waals surface area contributed by atoms with E-state index in [1.54, 1.807) is 0 Å². The minimum atomic E-state index is -0.568. The summed E-state index contributed by atoms with van der Waals surface area (Å²) < 4.78 is 0. The summed E-state index contributed by atoms with van der Waals surface area (Å²) >= 11 is 0. The highest BCUT2D eigenvalue weighted by atomic mass is 15.2. The molecule has 1 aliphatic carbocycles. The van der Waals surface area contributed by atoms with Crippen LogP contribution < -0.4 is 20.6 Å². The van der Waals surface area contributed by atoms with Crippen molar-refractivity contribution < 1.29 is 0 Å². The highest BCUT2D eigenvalue weighted by molar-refractivity contribution is 6.94. The van der Waals surface area contributed by atoms with Gasteiger partial charge < -0.3 is 9.71 Å². The van der Waals surface area contributed by atoms with Gasteiger partial charge >= 0.3 is 6.85 Å².